The summed E-state index contributed by atoms with van der Waals surface area (Å²) < 4.78 is 16.8. The van der Waals surface area contributed by atoms with E-state index in [1.165, 1.54) is 34.1 Å². The van der Waals surface area contributed by atoms with Gasteiger partial charge in [0.2, 0.25) is 5.91 Å². The molecule has 0 radical (unpaired) electrons. The summed E-state index contributed by atoms with van der Waals surface area (Å²) in [6.07, 6.45) is 0. The van der Waals surface area contributed by atoms with E-state index in [1.807, 2.05) is 26.2 Å². The highest BCUT2D eigenvalue weighted by Gasteiger charge is 2.23. The fraction of sp³-hybridized carbons (Fsp3) is 0.381. The van der Waals surface area contributed by atoms with Gasteiger partial charge in [-0.2, -0.15) is 0 Å². The predicted molar refractivity (Wildman–Crippen MR) is 124 cm³/mol. The summed E-state index contributed by atoms with van der Waals surface area (Å²) in [7, 11) is 0. The van der Waals surface area contributed by atoms with Crippen LogP contribution in [0.2, 0.25) is 10.0 Å². The lowest BCUT2D eigenvalue weighted by Gasteiger charge is -2.17. The third-order valence-electron chi connectivity index (χ3n) is 4.74. The number of halogens is 3. The van der Waals surface area contributed by atoms with Crippen LogP contribution in [-0.2, 0) is 17.9 Å². The van der Waals surface area contributed by atoms with Gasteiger partial charge in [-0.05, 0) is 29.9 Å². The number of aromatic nitrogens is 3. The molecule has 1 atom stereocenters. The van der Waals surface area contributed by atoms with Crippen molar-refractivity contribution < 1.29 is 14.3 Å². The van der Waals surface area contributed by atoms with Crippen molar-refractivity contribution in [1.82, 2.24) is 19.7 Å². The summed E-state index contributed by atoms with van der Waals surface area (Å²) in [5, 5.41) is 18.8. The molecule has 3 rings (SSSR count). The standard InChI is InChI=1S/C21H23Cl2FN4O3S/c1-11(2)7-27-20(19-17(23)12(3)10-32-19)26-28(21(27)31)8-16(30)25-15(9-29)13-5-4-6-14(22)18(13)24/h4-6,10-11,15,29H,7-9H2,1-3H3,(H,25,30). The first-order chi connectivity index (χ1) is 15.1. The van der Waals surface area contributed by atoms with Crippen molar-refractivity contribution in [2.45, 2.75) is 39.9 Å². The molecule has 0 fully saturated rings. The lowest BCUT2D eigenvalue weighted by molar-refractivity contribution is -0.123. The summed E-state index contributed by atoms with van der Waals surface area (Å²) in [5.74, 6) is -0.793. The third-order valence-corrected chi connectivity index (χ3v) is 6.73. The van der Waals surface area contributed by atoms with Crippen LogP contribution in [-0.4, -0.2) is 32.0 Å². The average Bonchev–Trinajstić information content (AvgIpc) is 3.22. The van der Waals surface area contributed by atoms with Crippen LogP contribution in [0.1, 0.15) is 31.0 Å². The smallest absolute Gasteiger partial charge is 0.346 e. The quantitative estimate of drug-likeness (QED) is 0.488. The van der Waals surface area contributed by atoms with E-state index in [-0.39, 0.29) is 16.5 Å². The monoisotopic (exact) mass is 500 g/mol. The molecule has 0 saturated heterocycles. The Morgan fingerprint density at radius 1 is 1.34 bits per heavy atom. The van der Waals surface area contributed by atoms with Gasteiger partial charge in [-0.15, -0.1) is 16.4 Å². The number of aliphatic hydroxyl groups excluding tert-OH is 1. The predicted octanol–water partition coefficient (Wildman–Crippen LogP) is 4.03. The summed E-state index contributed by atoms with van der Waals surface area (Å²) in [4.78, 5) is 26.3. The van der Waals surface area contributed by atoms with Crippen LogP contribution in [0.25, 0.3) is 10.7 Å². The second-order valence-corrected chi connectivity index (χ2v) is 9.44. The number of carbonyl (C=O) groups excluding carboxylic acids is 1. The fourth-order valence-corrected chi connectivity index (χ4v) is 4.66. The highest BCUT2D eigenvalue weighted by atomic mass is 35.5. The van der Waals surface area contributed by atoms with Crippen LogP contribution in [0.5, 0.6) is 0 Å². The van der Waals surface area contributed by atoms with Crippen LogP contribution < -0.4 is 11.0 Å². The second kappa shape index (κ2) is 10.2. The van der Waals surface area contributed by atoms with E-state index in [9.17, 15) is 19.1 Å². The number of hydrogen-bond donors (Lipinski definition) is 2. The van der Waals surface area contributed by atoms with Gasteiger partial charge in [0.1, 0.15) is 12.4 Å². The molecule has 0 aliphatic heterocycles. The number of aryl methyl sites for hydroxylation is 1. The first-order valence-electron chi connectivity index (χ1n) is 9.89. The van der Waals surface area contributed by atoms with Crippen LogP contribution >= 0.6 is 34.5 Å². The van der Waals surface area contributed by atoms with Gasteiger partial charge in [0.25, 0.3) is 0 Å². The molecule has 0 saturated carbocycles. The maximum Gasteiger partial charge on any atom is 0.346 e. The van der Waals surface area contributed by atoms with Gasteiger partial charge in [0.15, 0.2) is 5.82 Å². The SMILES string of the molecule is Cc1csc(-c2nn(CC(=O)NC(CO)c3cccc(Cl)c3F)c(=O)n2CC(C)C)c1Cl. The van der Waals surface area contributed by atoms with Gasteiger partial charge in [0.05, 0.1) is 27.6 Å². The molecule has 2 heterocycles. The topological polar surface area (TPSA) is 89.2 Å². The summed E-state index contributed by atoms with van der Waals surface area (Å²) in [6.45, 7) is 5.24. The fourth-order valence-electron chi connectivity index (χ4n) is 3.21. The Morgan fingerprint density at radius 2 is 2.06 bits per heavy atom. The molecule has 32 heavy (non-hydrogen) atoms. The molecule has 0 aliphatic carbocycles. The maximum absolute atomic E-state index is 14.3. The minimum Gasteiger partial charge on any atom is -0.394 e. The van der Waals surface area contributed by atoms with Gasteiger partial charge in [-0.25, -0.2) is 13.9 Å². The van der Waals surface area contributed by atoms with Crippen molar-refractivity contribution >= 4 is 40.4 Å². The first kappa shape index (κ1) is 24.4. The van der Waals surface area contributed by atoms with Crippen LogP contribution in [0.3, 0.4) is 0 Å². The van der Waals surface area contributed by atoms with E-state index < -0.39 is 36.6 Å². The van der Waals surface area contributed by atoms with Crippen molar-refractivity contribution in [2.24, 2.45) is 5.92 Å². The minimum atomic E-state index is -1.02. The number of thiophene rings is 1. The molecule has 2 N–H and O–H groups in total. The molecule has 11 heteroatoms. The van der Waals surface area contributed by atoms with Gasteiger partial charge in [-0.1, -0.05) is 49.2 Å². The van der Waals surface area contributed by atoms with Gasteiger partial charge < -0.3 is 10.4 Å². The number of nitrogens with one attached hydrogen (secondary N) is 1. The molecule has 1 aromatic carbocycles. The van der Waals surface area contributed by atoms with E-state index >= 15 is 0 Å². The third kappa shape index (κ3) is 5.06. The normalized spacial score (nSPS) is 12.4. The zero-order chi connectivity index (χ0) is 23.6. The second-order valence-electron chi connectivity index (χ2n) is 7.78. The largest absolute Gasteiger partial charge is 0.394 e. The maximum atomic E-state index is 14.3. The lowest BCUT2D eigenvalue weighted by Crippen LogP contribution is -2.37. The molecular formula is C21H23Cl2FN4O3S. The Bertz CT molecular complexity index is 1190. The first-order valence-corrected chi connectivity index (χ1v) is 11.5. The molecular weight excluding hydrogens is 478 g/mol. The van der Waals surface area contributed by atoms with Crippen molar-refractivity contribution in [1.29, 1.82) is 0 Å². The van der Waals surface area contributed by atoms with Gasteiger partial charge in [0, 0.05) is 12.1 Å². The van der Waals surface area contributed by atoms with E-state index in [4.69, 9.17) is 23.2 Å². The molecule has 0 spiro atoms. The number of nitrogens with zero attached hydrogens (tertiary/aromatic N) is 3. The van der Waals surface area contributed by atoms with Crippen LogP contribution in [0.15, 0.2) is 28.4 Å². The molecule has 172 valence electrons. The Hall–Kier alpha value is -2.20. The zero-order valence-corrected chi connectivity index (χ0v) is 20.1. The Kier molecular flexibility index (Phi) is 7.76. The minimum absolute atomic E-state index is 0.0487. The van der Waals surface area contributed by atoms with E-state index in [0.717, 1.165) is 10.2 Å². The average molecular weight is 501 g/mol. The van der Waals surface area contributed by atoms with E-state index in [0.29, 0.717) is 22.3 Å². The zero-order valence-electron chi connectivity index (χ0n) is 17.7. The number of amides is 1. The molecule has 2 aromatic heterocycles. The number of benzene rings is 1. The van der Waals surface area contributed by atoms with Crippen LogP contribution in [0, 0.1) is 18.7 Å². The van der Waals surface area contributed by atoms with Gasteiger partial charge >= 0.3 is 5.69 Å². The molecule has 7 nitrogen and oxygen atoms in total. The summed E-state index contributed by atoms with van der Waals surface area (Å²) >= 11 is 13.6. The highest BCUT2D eigenvalue weighted by Crippen LogP contribution is 2.35. The molecule has 1 unspecified atom stereocenters. The number of hydrogen-bond acceptors (Lipinski definition) is 5. The number of rotatable bonds is 8. The molecule has 0 aliphatic rings. The van der Waals surface area contributed by atoms with Crippen molar-refractivity contribution in [3.63, 3.8) is 0 Å². The summed E-state index contributed by atoms with van der Waals surface area (Å²) in [6, 6.07) is 3.29. The lowest BCUT2D eigenvalue weighted by atomic mass is 10.1. The Balaban J connectivity index is 1.89. The van der Waals surface area contributed by atoms with Crippen molar-refractivity contribution in [2.75, 3.05) is 6.61 Å². The number of carbonyl (C=O) groups is 1. The molecule has 1 amide bonds. The van der Waals surface area contributed by atoms with Crippen LogP contribution in [0.4, 0.5) is 4.39 Å². The Morgan fingerprint density at radius 3 is 2.66 bits per heavy atom. The van der Waals surface area contributed by atoms with E-state index in [2.05, 4.69) is 10.4 Å². The van der Waals surface area contributed by atoms with Crippen molar-refractivity contribution in [3.05, 3.63) is 61.1 Å². The summed E-state index contributed by atoms with van der Waals surface area (Å²) in [5.41, 5.74) is 0.463. The van der Waals surface area contributed by atoms with Gasteiger partial charge in [-0.3, -0.25) is 9.36 Å². The Labute approximate surface area is 198 Å². The molecule has 0 bridgehead atoms. The number of aliphatic hydroxyl groups is 1. The molecule has 3 aromatic rings. The van der Waals surface area contributed by atoms with Crippen molar-refractivity contribution in [3.8, 4) is 10.7 Å². The highest BCUT2D eigenvalue weighted by molar-refractivity contribution is 7.14. The van der Waals surface area contributed by atoms with E-state index in [1.54, 1.807) is 0 Å².